The molecule has 3 heteroatoms. The fourth-order valence-corrected chi connectivity index (χ4v) is 2.02. The Kier molecular flexibility index (Phi) is 4.40. The monoisotopic (exact) mass is 235 g/mol. The van der Waals surface area contributed by atoms with Crippen LogP contribution in [0.5, 0.6) is 5.75 Å². The van der Waals surface area contributed by atoms with E-state index in [0.29, 0.717) is 5.92 Å². The van der Waals surface area contributed by atoms with Gasteiger partial charge in [-0.1, -0.05) is 12.1 Å². The average molecular weight is 235 g/mol. The molecule has 1 aliphatic heterocycles. The number of benzene rings is 1. The molecule has 1 saturated heterocycles. The molecule has 1 aromatic carbocycles. The zero-order valence-electron chi connectivity index (χ0n) is 10.4. The van der Waals surface area contributed by atoms with Gasteiger partial charge in [-0.15, -0.1) is 0 Å². The summed E-state index contributed by atoms with van der Waals surface area (Å²) in [6, 6.07) is 8.42. The van der Waals surface area contributed by atoms with Crippen molar-refractivity contribution in [2.75, 3.05) is 19.8 Å². The normalized spacial score (nSPS) is 21.4. The van der Waals surface area contributed by atoms with E-state index in [1.165, 1.54) is 5.56 Å². The largest absolute Gasteiger partial charge is 0.493 e. The molecule has 2 rings (SSSR count). The van der Waals surface area contributed by atoms with Gasteiger partial charge in [-0.25, -0.2) is 0 Å². The van der Waals surface area contributed by atoms with Gasteiger partial charge in [0.2, 0.25) is 0 Å². The van der Waals surface area contributed by atoms with Crippen LogP contribution in [-0.4, -0.2) is 25.9 Å². The molecule has 17 heavy (non-hydrogen) atoms. The molecule has 0 saturated carbocycles. The molecule has 0 bridgehead atoms. The van der Waals surface area contributed by atoms with Gasteiger partial charge in [0, 0.05) is 18.6 Å². The SMILES string of the molecule is CC(N)Cc1ccc(OCC2CCOC2)cc1. The van der Waals surface area contributed by atoms with Gasteiger partial charge in [-0.3, -0.25) is 0 Å². The lowest BCUT2D eigenvalue weighted by atomic mass is 10.1. The van der Waals surface area contributed by atoms with Crippen molar-refractivity contribution in [1.82, 2.24) is 0 Å². The Morgan fingerprint density at radius 2 is 2.18 bits per heavy atom. The Bertz CT molecular complexity index is 329. The summed E-state index contributed by atoms with van der Waals surface area (Å²) in [5, 5.41) is 0. The molecule has 1 aliphatic rings. The number of hydrogen-bond acceptors (Lipinski definition) is 3. The Labute approximate surface area is 103 Å². The molecule has 1 fully saturated rings. The van der Waals surface area contributed by atoms with Crippen LogP contribution in [0.3, 0.4) is 0 Å². The topological polar surface area (TPSA) is 44.5 Å². The molecule has 0 aliphatic carbocycles. The molecular formula is C14H21NO2. The summed E-state index contributed by atoms with van der Waals surface area (Å²) in [4.78, 5) is 0. The van der Waals surface area contributed by atoms with Crippen LogP contribution in [0.25, 0.3) is 0 Å². The van der Waals surface area contributed by atoms with Crippen molar-refractivity contribution in [1.29, 1.82) is 0 Å². The molecule has 3 nitrogen and oxygen atoms in total. The second kappa shape index (κ2) is 6.03. The summed E-state index contributed by atoms with van der Waals surface area (Å²) >= 11 is 0. The Morgan fingerprint density at radius 3 is 2.76 bits per heavy atom. The molecule has 2 unspecified atom stereocenters. The summed E-state index contributed by atoms with van der Waals surface area (Å²) in [7, 11) is 0. The van der Waals surface area contributed by atoms with Crippen molar-refractivity contribution in [3.05, 3.63) is 29.8 Å². The first-order chi connectivity index (χ1) is 8.24. The predicted octanol–water partition coefficient (Wildman–Crippen LogP) is 1.99. The molecule has 1 heterocycles. The third-order valence-electron chi connectivity index (χ3n) is 2.99. The van der Waals surface area contributed by atoms with Crippen LogP contribution in [-0.2, 0) is 11.2 Å². The second-order valence-corrected chi connectivity index (χ2v) is 4.87. The lowest BCUT2D eigenvalue weighted by molar-refractivity contribution is 0.167. The zero-order valence-corrected chi connectivity index (χ0v) is 10.4. The average Bonchev–Trinajstić information content (AvgIpc) is 2.80. The van der Waals surface area contributed by atoms with Crippen molar-refractivity contribution in [3.63, 3.8) is 0 Å². The standard InChI is InChI=1S/C14H21NO2/c1-11(15)8-12-2-4-14(5-3-12)17-10-13-6-7-16-9-13/h2-5,11,13H,6-10,15H2,1H3. The fraction of sp³-hybridized carbons (Fsp3) is 0.571. The van der Waals surface area contributed by atoms with E-state index in [0.717, 1.165) is 38.4 Å². The molecule has 94 valence electrons. The van der Waals surface area contributed by atoms with Gasteiger partial charge < -0.3 is 15.2 Å². The molecule has 2 N–H and O–H groups in total. The first kappa shape index (κ1) is 12.4. The van der Waals surface area contributed by atoms with E-state index in [9.17, 15) is 0 Å². The van der Waals surface area contributed by atoms with E-state index in [1.807, 2.05) is 19.1 Å². The minimum atomic E-state index is 0.206. The quantitative estimate of drug-likeness (QED) is 0.849. The minimum absolute atomic E-state index is 0.206. The van der Waals surface area contributed by atoms with E-state index in [-0.39, 0.29) is 6.04 Å². The number of ether oxygens (including phenoxy) is 2. The van der Waals surface area contributed by atoms with Crippen molar-refractivity contribution in [2.24, 2.45) is 11.7 Å². The molecule has 0 amide bonds. The smallest absolute Gasteiger partial charge is 0.119 e. The van der Waals surface area contributed by atoms with Crippen LogP contribution in [0.1, 0.15) is 18.9 Å². The fourth-order valence-electron chi connectivity index (χ4n) is 2.02. The molecule has 0 aromatic heterocycles. The maximum atomic E-state index is 5.76. The molecule has 0 spiro atoms. The highest BCUT2D eigenvalue weighted by molar-refractivity contribution is 5.27. The summed E-state index contributed by atoms with van der Waals surface area (Å²) in [5.41, 5.74) is 7.02. The number of rotatable bonds is 5. The van der Waals surface area contributed by atoms with E-state index in [2.05, 4.69) is 12.1 Å². The minimum Gasteiger partial charge on any atom is -0.493 e. The Morgan fingerprint density at radius 1 is 1.41 bits per heavy atom. The van der Waals surface area contributed by atoms with Gasteiger partial charge in [0.1, 0.15) is 5.75 Å². The zero-order chi connectivity index (χ0) is 12.1. The van der Waals surface area contributed by atoms with Crippen LogP contribution in [0.4, 0.5) is 0 Å². The molecule has 1 aromatic rings. The first-order valence-corrected chi connectivity index (χ1v) is 6.29. The van der Waals surface area contributed by atoms with Crippen molar-refractivity contribution in [2.45, 2.75) is 25.8 Å². The summed E-state index contributed by atoms with van der Waals surface area (Å²) in [5.74, 6) is 1.49. The highest BCUT2D eigenvalue weighted by Gasteiger charge is 2.15. The first-order valence-electron chi connectivity index (χ1n) is 6.29. The summed E-state index contributed by atoms with van der Waals surface area (Å²) < 4.78 is 11.1. The summed E-state index contributed by atoms with van der Waals surface area (Å²) in [6.45, 7) is 4.49. The van der Waals surface area contributed by atoms with Gasteiger partial charge >= 0.3 is 0 Å². The third kappa shape index (κ3) is 4.02. The highest BCUT2D eigenvalue weighted by Crippen LogP contribution is 2.17. The summed E-state index contributed by atoms with van der Waals surface area (Å²) in [6.07, 6.45) is 2.03. The van der Waals surface area contributed by atoms with Crippen LogP contribution >= 0.6 is 0 Å². The third-order valence-corrected chi connectivity index (χ3v) is 2.99. The maximum absolute atomic E-state index is 5.76. The van der Waals surface area contributed by atoms with Gasteiger partial charge in [-0.2, -0.15) is 0 Å². The lowest BCUT2D eigenvalue weighted by Gasteiger charge is -2.11. The number of hydrogen-bond donors (Lipinski definition) is 1. The van der Waals surface area contributed by atoms with Gasteiger partial charge in [0.15, 0.2) is 0 Å². The molecular weight excluding hydrogens is 214 g/mol. The number of nitrogens with two attached hydrogens (primary N) is 1. The van der Waals surface area contributed by atoms with Gasteiger partial charge in [-0.05, 0) is 37.5 Å². The van der Waals surface area contributed by atoms with Crippen LogP contribution in [0.15, 0.2) is 24.3 Å². The molecule has 0 radical (unpaired) electrons. The van der Waals surface area contributed by atoms with E-state index in [4.69, 9.17) is 15.2 Å². The molecule has 2 atom stereocenters. The predicted molar refractivity (Wildman–Crippen MR) is 68.2 cm³/mol. The van der Waals surface area contributed by atoms with Crippen LogP contribution in [0.2, 0.25) is 0 Å². The second-order valence-electron chi connectivity index (χ2n) is 4.87. The van der Waals surface area contributed by atoms with Crippen molar-refractivity contribution < 1.29 is 9.47 Å². The van der Waals surface area contributed by atoms with Crippen LogP contribution in [0, 0.1) is 5.92 Å². The van der Waals surface area contributed by atoms with Crippen molar-refractivity contribution in [3.8, 4) is 5.75 Å². The highest BCUT2D eigenvalue weighted by atomic mass is 16.5. The maximum Gasteiger partial charge on any atom is 0.119 e. The van der Waals surface area contributed by atoms with E-state index < -0.39 is 0 Å². The van der Waals surface area contributed by atoms with Crippen LogP contribution < -0.4 is 10.5 Å². The van der Waals surface area contributed by atoms with Gasteiger partial charge in [0.05, 0.1) is 13.2 Å². The van der Waals surface area contributed by atoms with E-state index in [1.54, 1.807) is 0 Å². The lowest BCUT2D eigenvalue weighted by Crippen LogP contribution is -2.17. The Hall–Kier alpha value is -1.06. The Balaban J connectivity index is 1.80. The van der Waals surface area contributed by atoms with E-state index >= 15 is 0 Å². The van der Waals surface area contributed by atoms with Gasteiger partial charge in [0.25, 0.3) is 0 Å². The van der Waals surface area contributed by atoms with Crippen molar-refractivity contribution >= 4 is 0 Å².